The molecule has 3 aromatic heterocycles. The number of nitrogens with zero attached hydrogens (tertiary/aromatic N) is 4. The zero-order valence-corrected chi connectivity index (χ0v) is 13.4. The van der Waals surface area contributed by atoms with E-state index in [1.165, 1.54) is 12.3 Å². The van der Waals surface area contributed by atoms with Gasteiger partial charge >= 0.3 is 0 Å². The average Bonchev–Trinajstić information content (AvgIpc) is 2.97. The van der Waals surface area contributed by atoms with Gasteiger partial charge in [-0.3, -0.25) is 19.4 Å². The van der Waals surface area contributed by atoms with Crippen LogP contribution in [-0.4, -0.2) is 30.6 Å². The maximum atomic E-state index is 12.6. The summed E-state index contributed by atoms with van der Waals surface area (Å²) in [4.78, 5) is 21.4. The van der Waals surface area contributed by atoms with E-state index in [2.05, 4.69) is 15.1 Å². The summed E-state index contributed by atoms with van der Waals surface area (Å²) in [6.07, 6.45) is 3.22. The van der Waals surface area contributed by atoms with E-state index >= 15 is 0 Å². The van der Waals surface area contributed by atoms with E-state index in [0.29, 0.717) is 16.6 Å². The molecule has 0 aliphatic carbocycles. The van der Waals surface area contributed by atoms with Crippen LogP contribution >= 0.6 is 0 Å². The molecule has 0 atom stereocenters. The molecule has 6 nitrogen and oxygen atoms in total. The number of hydrogen-bond acceptors (Lipinski definition) is 5. The highest BCUT2D eigenvalue weighted by Crippen LogP contribution is 2.27. The monoisotopic (exact) mass is 330 g/mol. The SMILES string of the molecule is Cn1nc2cc(C(=O)c3ccccc3O)cnc2c1-c1ccccn1. The van der Waals surface area contributed by atoms with Crippen molar-refractivity contribution in [3.8, 4) is 17.1 Å². The minimum atomic E-state index is -0.294. The van der Waals surface area contributed by atoms with Crippen LogP contribution in [0.3, 0.4) is 0 Å². The molecule has 0 radical (unpaired) electrons. The molecule has 1 aromatic carbocycles. The van der Waals surface area contributed by atoms with Crippen molar-refractivity contribution in [1.29, 1.82) is 0 Å². The predicted octanol–water partition coefficient (Wildman–Crippen LogP) is 2.97. The predicted molar refractivity (Wildman–Crippen MR) is 93.3 cm³/mol. The van der Waals surface area contributed by atoms with Gasteiger partial charge in [-0.25, -0.2) is 0 Å². The van der Waals surface area contributed by atoms with Crippen LogP contribution in [0.5, 0.6) is 5.75 Å². The fourth-order valence-corrected chi connectivity index (χ4v) is 2.81. The molecule has 0 bridgehead atoms. The Morgan fingerprint density at radius 1 is 1.08 bits per heavy atom. The summed E-state index contributed by atoms with van der Waals surface area (Å²) in [6, 6.07) is 13.8. The number of aromatic nitrogens is 4. The first kappa shape index (κ1) is 15.0. The van der Waals surface area contributed by atoms with Crippen molar-refractivity contribution >= 4 is 16.8 Å². The van der Waals surface area contributed by atoms with Crippen molar-refractivity contribution in [3.63, 3.8) is 0 Å². The van der Waals surface area contributed by atoms with Crippen LogP contribution in [0.15, 0.2) is 60.9 Å². The molecule has 122 valence electrons. The van der Waals surface area contributed by atoms with Gasteiger partial charge in [0.15, 0.2) is 5.78 Å². The number of carbonyl (C=O) groups is 1. The van der Waals surface area contributed by atoms with Gasteiger partial charge in [-0.2, -0.15) is 5.10 Å². The molecular formula is C19H14N4O2. The molecule has 1 N–H and O–H groups in total. The van der Waals surface area contributed by atoms with Crippen molar-refractivity contribution in [2.45, 2.75) is 0 Å². The maximum absolute atomic E-state index is 12.6. The van der Waals surface area contributed by atoms with Crippen LogP contribution in [-0.2, 0) is 7.05 Å². The molecule has 0 saturated heterocycles. The molecule has 4 rings (SSSR count). The van der Waals surface area contributed by atoms with Gasteiger partial charge in [0.2, 0.25) is 0 Å². The second kappa shape index (κ2) is 5.83. The van der Waals surface area contributed by atoms with Crippen LogP contribution < -0.4 is 0 Å². The Morgan fingerprint density at radius 2 is 1.88 bits per heavy atom. The van der Waals surface area contributed by atoms with Crippen molar-refractivity contribution in [2.75, 3.05) is 0 Å². The first-order valence-electron chi connectivity index (χ1n) is 7.72. The quantitative estimate of drug-likeness (QED) is 0.584. The van der Waals surface area contributed by atoms with Crippen molar-refractivity contribution in [2.24, 2.45) is 7.05 Å². The van der Waals surface area contributed by atoms with Gasteiger partial charge in [-0.1, -0.05) is 18.2 Å². The number of carbonyl (C=O) groups excluding carboxylic acids is 1. The summed E-state index contributed by atoms with van der Waals surface area (Å²) in [5.41, 5.74) is 3.44. The fraction of sp³-hybridized carbons (Fsp3) is 0.0526. The summed E-state index contributed by atoms with van der Waals surface area (Å²) in [7, 11) is 1.82. The third-order valence-electron chi connectivity index (χ3n) is 3.99. The fourth-order valence-electron chi connectivity index (χ4n) is 2.81. The number of phenols is 1. The minimum Gasteiger partial charge on any atom is -0.507 e. The average molecular weight is 330 g/mol. The lowest BCUT2D eigenvalue weighted by molar-refractivity contribution is 0.103. The van der Waals surface area contributed by atoms with Gasteiger partial charge in [0, 0.05) is 25.0 Å². The number of rotatable bonds is 3. The Bertz CT molecular complexity index is 1090. The van der Waals surface area contributed by atoms with Crippen LogP contribution in [0.2, 0.25) is 0 Å². The summed E-state index contributed by atoms with van der Waals surface area (Å²) < 4.78 is 1.70. The smallest absolute Gasteiger partial charge is 0.198 e. The van der Waals surface area contributed by atoms with Gasteiger partial charge < -0.3 is 5.11 Å². The van der Waals surface area contributed by atoms with Crippen molar-refractivity contribution in [3.05, 3.63) is 72.1 Å². The van der Waals surface area contributed by atoms with Gasteiger partial charge in [0.25, 0.3) is 0 Å². The molecule has 0 amide bonds. The first-order chi connectivity index (χ1) is 12.1. The Kier molecular flexibility index (Phi) is 3.50. The van der Waals surface area contributed by atoms with Crippen molar-refractivity contribution < 1.29 is 9.90 Å². The zero-order chi connectivity index (χ0) is 17.4. The number of hydrogen-bond donors (Lipinski definition) is 1. The molecule has 3 heterocycles. The molecule has 0 aliphatic heterocycles. The Balaban J connectivity index is 1.83. The topological polar surface area (TPSA) is 80.9 Å². The third kappa shape index (κ3) is 2.53. The lowest BCUT2D eigenvalue weighted by Gasteiger charge is -2.03. The number of benzene rings is 1. The summed E-state index contributed by atoms with van der Waals surface area (Å²) in [6.45, 7) is 0. The van der Waals surface area contributed by atoms with Crippen molar-refractivity contribution in [1.82, 2.24) is 19.7 Å². The minimum absolute atomic E-state index is 0.0530. The normalized spacial score (nSPS) is 10.9. The van der Waals surface area contributed by atoms with Gasteiger partial charge in [0.1, 0.15) is 22.5 Å². The summed E-state index contributed by atoms with van der Waals surface area (Å²) in [5.74, 6) is -0.347. The number of fused-ring (bicyclic) bond motifs is 1. The highest BCUT2D eigenvalue weighted by Gasteiger charge is 2.18. The molecule has 0 fully saturated rings. The van der Waals surface area contributed by atoms with Crippen LogP contribution in [0, 0.1) is 0 Å². The Morgan fingerprint density at radius 3 is 2.64 bits per heavy atom. The van der Waals surface area contributed by atoms with Crippen LogP contribution in [0.1, 0.15) is 15.9 Å². The molecule has 25 heavy (non-hydrogen) atoms. The lowest BCUT2D eigenvalue weighted by atomic mass is 10.0. The van der Waals surface area contributed by atoms with Crippen LogP contribution in [0.25, 0.3) is 22.4 Å². The van der Waals surface area contributed by atoms with E-state index in [1.54, 1.807) is 35.1 Å². The van der Waals surface area contributed by atoms with E-state index in [0.717, 1.165) is 11.4 Å². The highest BCUT2D eigenvalue weighted by molar-refractivity contribution is 6.11. The van der Waals surface area contributed by atoms with E-state index in [-0.39, 0.29) is 17.1 Å². The first-order valence-corrected chi connectivity index (χ1v) is 7.72. The van der Waals surface area contributed by atoms with Crippen LogP contribution in [0.4, 0.5) is 0 Å². The number of para-hydroxylation sites is 1. The molecule has 0 aliphatic rings. The number of ketones is 1. The Labute approximate surface area is 143 Å². The largest absolute Gasteiger partial charge is 0.507 e. The maximum Gasteiger partial charge on any atom is 0.198 e. The number of aromatic hydroxyl groups is 1. The number of phenolic OH excluding ortho intramolecular Hbond substituents is 1. The molecular weight excluding hydrogens is 316 g/mol. The van der Waals surface area contributed by atoms with Gasteiger partial charge in [-0.15, -0.1) is 0 Å². The standard InChI is InChI=1S/C19H14N4O2/c1-23-18(14-7-4-5-9-20-14)17-15(22-23)10-12(11-21-17)19(25)13-6-2-3-8-16(13)24/h2-11,24H,1H3. The lowest BCUT2D eigenvalue weighted by Crippen LogP contribution is -2.02. The molecule has 0 saturated carbocycles. The molecule has 0 spiro atoms. The zero-order valence-electron chi connectivity index (χ0n) is 13.4. The Hall–Kier alpha value is -3.54. The van der Waals surface area contributed by atoms with E-state index in [1.807, 2.05) is 25.2 Å². The third-order valence-corrected chi connectivity index (χ3v) is 3.99. The number of pyridine rings is 2. The van der Waals surface area contributed by atoms with Gasteiger partial charge in [-0.05, 0) is 30.3 Å². The van der Waals surface area contributed by atoms with E-state index < -0.39 is 0 Å². The second-order valence-corrected chi connectivity index (χ2v) is 5.63. The number of aryl methyl sites for hydroxylation is 1. The molecule has 0 unspecified atom stereocenters. The molecule has 4 aromatic rings. The second-order valence-electron chi connectivity index (χ2n) is 5.63. The van der Waals surface area contributed by atoms with Gasteiger partial charge in [0.05, 0.1) is 11.3 Å². The van der Waals surface area contributed by atoms with E-state index in [9.17, 15) is 9.90 Å². The molecule has 6 heteroatoms. The summed E-state index contributed by atoms with van der Waals surface area (Å²) in [5, 5.41) is 14.3. The van der Waals surface area contributed by atoms with E-state index in [4.69, 9.17) is 0 Å². The highest BCUT2D eigenvalue weighted by atomic mass is 16.3. The summed E-state index contributed by atoms with van der Waals surface area (Å²) >= 11 is 0.